The van der Waals surface area contributed by atoms with Gasteiger partial charge in [0.05, 0.1) is 0 Å². The topological polar surface area (TPSA) is 3.24 Å². The van der Waals surface area contributed by atoms with Crippen LogP contribution in [0.25, 0.3) is 0 Å². The molecule has 0 aliphatic carbocycles. The van der Waals surface area contributed by atoms with Crippen LogP contribution in [0.1, 0.15) is 0 Å². The van der Waals surface area contributed by atoms with E-state index in [4.69, 9.17) is 0 Å². The number of alkyl halides is 3. The summed E-state index contributed by atoms with van der Waals surface area (Å²) in [7, 11) is 0. The number of hydrogen-bond donors (Lipinski definition) is 0. The molecule has 1 aliphatic rings. The third kappa shape index (κ3) is 3.51. The van der Waals surface area contributed by atoms with Gasteiger partial charge in [-0.05, 0) is 0 Å². The summed E-state index contributed by atoms with van der Waals surface area (Å²) >= 11 is 10.4. The van der Waals surface area contributed by atoms with E-state index in [1.165, 1.54) is 0 Å². The van der Waals surface area contributed by atoms with E-state index < -0.39 is 0 Å². The summed E-state index contributed by atoms with van der Waals surface area (Å²) < 4.78 is -0.112. The van der Waals surface area contributed by atoms with E-state index in [1.807, 2.05) is 0 Å². The van der Waals surface area contributed by atoms with Crippen LogP contribution in [0, 0.1) is 0 Å². The third-order valence-corrected chi connectivity index (χ3v) is 2.05. The summed E-state index contributed by atoms with van der Waals surface area (Å²) in [5.74, 6) is 0. The molecule has 0 N–H and O–H groups in total. The van der Waals surface area contributed by atoms with Crippen LogP contribution in [-0.2, 0) is 0 Å². The molecule has 4 heteroatoms. The SMILES string of the molecule is BrC(Br)(Br)CN1CC=CC1. The van der Waals surface area contributed by atoms with E-state index in [-0.39, 0.29) is 2.14 Å². The molecule has 0 radical (unpaired) electrons. The van der Waals surface area contributed by atoms with E-state index in [0.717, 1.165) is 19.6 Å². The molecule has 0 saturated carbocycles. The standard InChI is InChI=1S/C6H8Br3N/c7-6(8,9)5-10-3-1-2-4-10/h1-2H,3-5H2. The Labute approximate surface area is 86.2 Å². The fraction of sp³-hybridized carbons (Fsp3) is 0.667. The monoisotopic (exact) mass is 331 g/mol. The van der Waals surface area contributed by atoms with E-state index in [1.54, 1.807) is 0 Å². The maximum absolute atomic E-state index is 3.45. The first-order valence-corrected chi connectivity index (χ1v) is 5.40. The quantitative estimate of drug-likeness (QED) is 0.527. The largest absolute Gasteiger partial charge is 0.293 e. The molecule has 0 fully saturated rings. The van der Waals surface area contributed by atoms with Crippen molar-refractivity contribution in [1.82, 2.24) is 4.90 Å². The molecule has 1 rings (SSSR count). The van der Waals surface area contributed by atoms with Crippen LogP contribution in [0.5, 0.6) is 0 Å². The molecule has 1 heterocycles. The van der Waals surface area contributed by atoms with Crippen LogP contribution in [-0.4, -0.2) is 26.7 Å². The molecule has 10 heavy (non-hydrogen) atoms. The van der Waals surface area contributed by atoms with Crippen molar-refractivity contribution in [3.63, 3.8) is 0 Å². The molecular formula is C6H8Br3N. The zero-order valence-electron chi connectivity index (χ0n) is 5.36. The molecule has 0 saturated heterocycles. The molecule has 0 bridgehead atoms. The Balaban J connectivity index is 2.26. The fourth-order valence-electron chi connectivity index (χ4n) is 0.904. The minimum atomic E-state index is -0.112. The van der Waals surface area contributed by atoms with Gasteiger partial charge in [0.2, 0.25) is 0 Å². The highest BCUT2D eigenvalue weighted by Gasteiger charge is 2.21. The Morgan fingerprint density at radius 2 is 1.70 bits per heavy atom. The van der Waals surface area contributed by atoms with Gasteiger partial charge in [-0.1, -0.05) is 59.9 Å². The highest BCUT2D eigenvalue weighted by atomic mass is 80.0. The van der Waals surface area contributed by atoms with Gasteiger partial charge in [-0.2, -0.15) is 0 Å². The number of halogens is 3. The summed E-state index contributed by atoms with van der Waals surface area (Å²) in [6.45, 7) is 3.08. The zero-order valence-corrected chi connectivity index (χ0v) is 10.1. The van der Waals surface area contributed by atoms with Crippen LogP contribution in [0.4, 0.5) is 0 Å². The number of rotatable bonds is 1. The molecule has 0 aromatic heterocycles. The minimum Gasteiger partial charge on any atom is -0.293 e. The molecule has 1 nitrogen and oxygen atoms in total. The first kappa shape index (κ1) is 9.23. The average molecular weight is 334 g/mol. The smallest absolute Gasteiger partial charge is 0.147 e. The Morgan fingerprint density at radius 3 is 2.10 bits per heavy atom. The average Bonchev–Trinajstić information content (AvgIpc) is 2.12. The number of nitrogens with zero attached hydrogens (tertiary/aromatic N) is 1. The first-order chi connectivity index (χ1) is 4.58. The van der Waals surface area contributed by atoms with E-state index >= 15 is 0 Å². The van der Waals surface area contributed by atoms with Crippen LogP contribution in [0.15, 0.2) is 12.2 Å². The lowest BCUT2D eigenvalue weighted by Gasteiger charge is -2.20. The van der Waals surface area contributed by atoms with E-state index in [2.05, 4.69) is 64.8 Å². The predicted octanol–water partition coefficient (Wildman–Crippen LogP) is 2.70. The van der Waals surface area contributed by atoms with Gasteiger partial charge in [-0.15, -0.1) is 0 Å². The lowest BCUT2D eigenvalue weighted by Crippen LogP contribution is -2.29. The molecule has 0 amide bonds. The van der Waals surface area contributed by atoms with E-state index in [9.17, 15) is 0 Å². The van der Waals surface area contributed by atoms with Gasteiger partial charge in [0.15, 0.2) is 0 Å². The minimum absolute atomic E-state index is 0.112. The van der Waals surface area contributed by atoms with Crippen molar-refractivity contribution in [2.75, 3.05) is 19.6 Å². The lowest BCUT2D eigenvalue weighted by molar-refractivity contribution is 0.369. The first-order valence-electron chi connectivity index (χ1n) is 3.02. The van der Waals surface area contributed by atoms with Gasteiger partial charge in [0.25, 0.3) is 0 Å². The normalized spacial score (nSPS) is 20.3. The summed E-state index contributed by atoms with van der Waals surface area (Å²) in [6, 6.07) is 0. The summed E-state index contributed by atoms with van der Waals surface area (Å²) in [6.07, 6.45) is 4.36. The number of hydrogen-bond acceptors (Lipinski definition) is 1. The van der Waals surface area contributed by atoms with Crippen molar-refractivity contribution in [2.24, 2.45) is 0 Å². The van der Waals surface area contributed by atoms with Gasteiger partial charge in [-0.3, -0.25) is 4.90 Å². The van der Waals surface area contributed by atoms with Crippen LogP contribution in [0.3, 0.4) is 0 Å². The highest BCUT2D eigenvalue weighted by molar-refractivity contribution is 9.39. The molecule has 0 unspecified atom stereocenters. The van der Waals surface area contributed by atoms with Gasteiger partial charge in [0, 0.05) is 19.6 Å². The second-order valence-corrected chi connectivity index (χ2v) is 9.53. The van der Waals surface area contributed by atoms with E-state index in [0.29, 0.717) is 0 Å². The van der Waals surface area contributed by atoms with Crippen molar-refractivity contribution >= 4 is 47.8 Å². The maximum Gasteiger partial charge on any atom is 0.147 e. The molecule has 1 aliphatic heterocycles. The molecule has 0 aromatic rings. The second kappa shape index (κ2) is 3.70. The van der Waals surface area contributed by atoms with Crippen molar-refractivity contribution < 1.29 is 0 Å². The van der Waals surface area contributed by atoms with Crippen LogP contribution >= 0.6 is 47.8 Å². The molecule has 0 spiro atoms. The third-order valence-electron chi connectivity index (χ3n) is 1.30. The van der Waals surface area contributed by atoms with Crippen molar-refractivity contribution in [2.45, 2.75) is 2.14 Å². The molecule has 58 valence electrons. The molecular weight excluding hydrogens is 326 g/mol. The Kier molecular flexibility index (Phi) is 3.41. The fourth-order valence-corrected chi connectivity index (χ4v) is 1.97. The van der Waals surface area contributed by atoms with Gasteiger partial charge in [-0.25, -0.2) is 0 Å². The summed E-state index contributed by atoms with van der Waals surface area (Å²) in [5.41, 5.74) is 0. The van der Waals surface area contributed by atoms with Gasteiger partial charge >= 0.3 is 0 Å². The van der Waals surface area contributed by atoms with Crippen molar-refractivity contribution in [1.29, 1.82) is 0 Å². The molecule has 0 atom stereocenters. The Bertz CT molecular complexity index is 130. The van der Waals surface area contributed by atoms with Gasteiger partial charge in [0.1, 0.15) is 2.14 Å². The highest BCUT2D eigenvalue weighted by Crippen LogP contribution is 2.34. The second-order valence-electron chi connectivity index (χ2n) is 2.28. The van der Waals surface area contributed by atoms with Crippen LogP contribution in [0.2, 0.25) is 0 Å². The maximum atomic E-state index is 3.45. The van der Waals surface area contributed by atoms with Crippen molar-refractivity contribution in [3.05, 3.63) is 12.2 Å². The van der Waals surface area contributed by atoms with Crippen LogP contribution < -0.4 is 0 Å². The zero-order chi connectivity index (χ0) is 7.61. The van der Waals surface area contributed by atoms with Crippen molar-refractivity contribution in [3.8, 4) is 0 Å². The Morgan fingerprint density at radius 1 is 1.20 bits per heavy atom. The summed E-state index contributed by atoms with van der Waals surface area (Å²) in [4.78, 5) is 2.32. The lowest BCUT2D eigenvalue weighted by atomic mass is 10.6. The van der Waals surface area contributed by atoms with Gasteiger partial charge < -0.3 is 0 Å². The predicted molar refractivity (Wildman–Crippen MR) is 55.1 cm³/mol. The Hall–Kier alpha value is 1.14. The molecule has 0 aromatic carbocycles. The summed E-state index contributed by atoms with van der Waals surface area (Å²) in [5, 5.41) is 0.